The van der Waals surface area contributed by atoms with Crippen molar-refractivity contribution in [1.82, 2.24) is 0 Å². The lowest BCUT2D eigenvalue weighted by Gasteiger charge is -2.50. The molecule has 2 saturated carbocycles. The first-order valence-corrected chi connectivity index (χ1v) is 8.48. The molecule has 3 aliphatic carbocycles. The SMILES string of the molecule is COc1ccc2c(c1)CC[C@@H]1[C@@H]2CC[C@]2(C)[C@H](O)CC[C@H]12. The van der Waals surface area contributed by atoms with Gasteiger partial charge in [-0.3, -0.25) is 0 Å². The van der Waals surface area contributed by atoms with Crippen LogP contribution in [-0.4, -0.2) is 18.3 Å². The second-order valence-electron chi connectivity index (χ2n) is 7.62. The summed E-state index contributed by atoms with van der Waals surface area (Å²) >= 11 is 0. The Morgan fingerprint density at radius 2 is 2.05 bits per heavy atom. The first-order chi connectivity index (χ1) is 10.1. The van der Waals surface area contributed by atoms with E-state index < -0.39 is 0 Å². The minimum atomic E-state index is -0.0688. The normalized spacial score (nSPS) is 41.1. The summed E-state index contributed by atoms with van der Waals surface area (Å²) in [6.07, 6.45) is 7.07. The van der Waals surface area contributed by atoms with E-state index in [-0.39, 0.29) is 11.5 Å². The average Bonchev–Trinajstić information content (AvgIpc) is 2.82. The van der Waals surface area contributed by atoms with E-state index in [9.17, 15) is 5.11 Å². The number of aryl methyl sites for hydroxylation is 1. The molecule has 0 bridgehead atoms. The van der Waals surface area contributed by atoms with E-state index in [1.165, 1.54) is 37.7 Å². The number of hydrogen-bond donors (Lipinski definition) is 1. The quantitative estimate of drug-likeness (QED) is 0.848. The van der Waals surface area contributed by atoms with Crippen molar-refractivity contribution in [1.29, 1.82) is 0 Å². The number of rotatable bonds is 1. The van der Waals surface area contributed by atoms with Crippen LogP contribution in [0.15, 0.2) is 18.2 Å². The molecule has 0 heterocycles. The summed E-state index contributed by atoms with van der Waals surface area (Å²) in [6.45, 7) is 2.34. The monoisotopic (exact) mass is 286 g/mol. The third kappa shape index (κ3) is 1.88. The smallest absolute Gasteiger partial charge is 0.119 e. The lowest BCUT2D eigenvalue weighted by atomic mass is 9.55. The molecule has 2 heteroatoms. The van der Waals surface area contributed by atoms with Crippen LogP contribution in [0.4, 0.5) is 0 Å². The number of aliphatic hydroxyl groups is 1. The van der Waals surface area contributed by atoms with Crippen LogP contribution in [0, 0.1) is 17.3 Å². The second-order valence-corrected chi connectivity index (χ2v) is 7.62. The Kier molecular flexibility index (Phi) is 3.08. The molecule has 3 aliphatic rings. The van der Waals surface area contributed by atoms with Crippen molar-refractivity contribution in [3.63, 3.8) is 0 Å². The number of hydrogen-bond acceptors (Lipinski definition) is 2. The van der Waals surface area contributed by atoms with Crippen molar-refractivity contribution in [2.24, 2.45) is 17.3 Å². The zero-order valence-electron chi connectivity index (χ0n) is 13.1. The Labute approximate surface area is 127 Å². The van der Waals surface area contributed by atoms with E-state index in [1.54, 1.807) is 12.7 Å². The van der Waals surface area contributed by atoms with Crippen LogP contribution >= 0.6 is 0 Å². The van der Waals surface area contributed by atoms with Crippen molar-refractivity contribution in [2.75, 3.05) is 7.11 Å². The molecule has 21 heavy (non-hydrogen) atoms. The van der Waals surface area contributed by atoms with Crippen molar-refractivity contribution in [3.05, 3.63) is 29.3 Å². The van der Waals surface area contributed by atoms with E-state index in [4.69, 9.17) is 4.74 Å². The molecule has 0 aromatic heterocycles. The molecule has 0 aliphatic heterocycles. The van der Waals surface area contributed by atoms with Gasteiger partial charge in [0.25, 0.3) is 0 Å². The lowest BCUT2D eigenvalue weighted by molar-refractivity contribution is -0.0226. The molecule has 4 rings (SSSR count). The Morgan fingerprint density at radius 3 is 2.86 bits per heavy atom. The van der Waals surface area contributed by atoms with Gasteiger partial charge in [0.15, 0.2) is 0 Å². The summed E-state index contributed by atoms with van der Waals surface area (Å²) in [6, 6.07) is 6.67. The molecule has 1 aromatic carbocycles. The Morgan fingerprint density at radius 1 is 1.19 bits per heavy atom. The Balaban J connectivity index is 1.68. The highest BCUT2D eigenvalue weighted by atomic mass is 16.5. The first kappa shape index (κ1) is 13.6. The maximum atomic E-state index is 10.4. The maximum absolute atomic E-state index is 10.4. The van der Waals surface area contributed by atoms with Gasteiger partial charge < -0.3 is 9.84 Å². The van der Waals surface area contributed by atoms with Gasteiger partial charge in [-0.15, -0.1) is 0 Å². The summed E-state index contributed by atoms with van der Waals surface area (Å²) in [5.41, 5.74) is 3.25. The van der Waals surface area contributed by atoms with Gasteiger partial charge in [-0.1, -0.05) is 13.0 Å². The fourth-order valence-corrected chi connectivity index (χ4v) is 5.66. The van der Waals surface area contributed by atoms with Crippen LogP contribution < -0.4 is 4.74 Å². The number of aliphatic hydroxyl groups excluding tert-OH is 1. The highest BCUT2D eigenvalue weighted by Gasteiger charge is 2.54. The number of ether oxygens (including phenoxy) is 1. The lowest BCUT2D eigenvalue weighted by Crippen LogP contribution is -2.43. The van der Waals surface area contributed by atoms with E-state index in [1.807, 2.05) is 0 Å². The van der Waals surface area contributed by atoms with Gasteiger partial charge in [0.05, 0.1) is 13.2 Å². The molecule has 0 amide bonds. The second kappa shape index (κ2) is 4.74. The number of fused-ring (bicyclic) bond motifs is 5. The molecule has 2 nitrogen and oxygen atoms in total. The molecule has 0 unspecified atom stereocenters. The Hall–Kier alpha value is -1.02. The molecule has 5 atom stereocenters. The summed E-state index contributed by atoms with van der Waals surface area (Å²) in [4.78, 5) is 0. The van der Waals surface area contributed by atoms with Gasteiger partial charge in [0, 0.05) is 0 Å². The van der Waals surface area contributed by atoms with Gasteiger partial charge in [-0.25, -0.2) is 0 Å². The largest absolute Gasteiger partial charge is 0.497 e. The topological polar surface area (TPSA) is 29.5 Å². The molecule has 0 radical (unpaired) electrons. The Bertz CT molecular complexity index is 552. The molecular weight excluding hydrogens is 260 g/mol. The van der Waals surface area contributed by atoms with Gasteiger partial charge in [-0.2, -0.15) is 0 Å². The zero-order valence-corrected chi connectivity index (χ0v) is 13.1. The van der Waals surface area contributed by atoms with Crippen LogP contribution in [-0.2, 0) is 6.42 Å². The molecular formula is C19H26O2. The summed E-state index contributed by atoms with van der Waals surface area (Å²) in [5.74, 6) is 3.20. The van der Waals surface area contributed by atoms with Crippen molar-refractivity contribution < 1.29 is 9.84 Å². The van der Waals surface area contributed by atoms with Crippen LogP contribution in [0.1, 0.15) is 56.1 Å². The van der Waals surface area contributed by atoms with Crippen LogP contribution in [0.2, 0.25) is 0 Å². The van der Waals surface area contributed by atoms with E-state index >= 15 is 0 Å². The molecule has 114 valence electrons. The predicted molar refractivity (Wildman–Crippen MR) is 83.6 cm³/mol. The maximum Gasteiger partial charge on any atom is 0.119 e. The van der Waals surface area contributed by atoms with Crippen molar-refractivity contribution >= 4 is 0 Å². The van der Waals surface area contributed by atoms with Crippen LogP contribution in [0.25, 0.3) is 0 Å². The average molecular weight is 286 g/mol. The van der Waals surface area contributed by atoms with Gasteiger partial charge in [-0.05, 0) is 85.0 Å². The highest BCUT2D eigenvalue weighted by Crippen LogP contribution is 2.60. The van der Waals surface area contributed by atoms with E-state index in [0.29, 0.717) is 5.92 Å². The first-order valence-electron chi connectivity index (χ1n) is 8.48. The zero-order chi connectivity index (χ0) is 14.6. The highest BCUT2D eigenvalue weighted by molar-refractivity contribution is 5.40. The van der Waals surface area contributed by atoms with Crippen LogP contribution in [0.3, 0.4) is 0 Å². The fraction of sp³-hybridized carbons (Fsp3) is 0.684. The standard InChI is InChI=1S/C19H26O2/c1-19-10-9-15-14-6-4-13(21-2)11-12(14)3-5-16(15)17(19)7-8-18(19)20/h4,6,11,15-18,20H,3,5,7-10H2,1-2H3/t15-,16-,17-,18-,19+/m1/s1. The molecule has 1 N–H and O–H groups in total. The number of benzene rings is 1. The van der Waals surface area contributed by atoms with Gasteiger partial charge in [0.2, 0.25) is 0 Å². The minimum absolute atomic E-state index is 0.0688. The summed E-state index contributed by atoms with van der Waals surface area (Å²) < 4.78 is 5.38. The van der Waals surface area contributed by atoms with Crippen molar-refractivity contribution in [3.8, 4) is 5.75 Å². The third-order valence-corrected chi connectivity index (χ3v) is 6.88. The molecule has 2 fully saturated rings. The van der Waals surface area contributed by atoms with Crippen molar-refractivity contribution in [2.45, 2.75) is 57.5 Å². The van der Waals surface area contributed by atoms with Gasteiger partial charge in [0.1, 0.15) is 5.75 Å². The minimum Gasteiger partial charge on any atom is -0.497 e. The van der Waals surface area contributed by atoms with Gasteiger partial charge >= 0.3 is 0 Å². The third-order valence-electron chi connectivity index (χ3n) is 6.88. The van der Waals surface area contributed by atoms with E-state index in [0.717, 1.165) is 24.0 Å². The number of methoxy groups -OCH3 is 1. The van der Waals surface area contributed by atoms with Crippen LogP contribution in [0.5, 0.6) is 5.75 Å². The fourth-order valence-electron chi connectivity index (χ4n) is 5.66. The van der Waals surface area contributed by atoms with E-state index in [2.05, 4.69) is 25.1 Å². The molecule has 1 aromatic rings. The summed E-state index contributed by atoms with van der Waals surface area (Å²) in [5, 5.41) is 10.4. The molecule has 0 saturated heterocycles. The predicted octanol–water partition coefficient (Wildman–Crippen LogP) is 3.91. The summed E-state index contributed by atoms with van der Waals surface area (Å²) in [7, 11) is 1.75. The molecule has 0 spiro atoms.